The summed E-state index contributed by atoms with van der Waals surface area (Å²) in [5, 5.41) is 10.8. The van der Waals surface area contributed by atoms with E-state index in [2.05, 4.69) is 9.71 Å². The van der Waals surface area contributed by atoms with Gasteiger partial charge in [-0.15, -0.1) is 11.3 Å². The second-order valence-electron chi connectivity index (χ2n) is 6.65. The van der Waals surface area contributed by atoms with Crippen LogP contribution in [0.3, 0.4) is 0 Å². The fraction of sp³-hybridized carbons (Fsp3) is 0.238. The average molecular weight is 465 g/mol. The number of nitrogens with one attached hydrogen (secondary N) is 1. The first kappa shape index (κ1) is 22.4. The molecule has 0 aliphatic heterocycles. The predicted octanol–water partition coefficient (Wildman–Crippen LogP) is 4.55. The van der Waals surface area contributed by atoms with Gasteiger partial charge < -0.3 is 5.11 Å². The molecule has 3 aromatic rings. The standard InChI is InChI=1S/C21H21ClN2O4S2/c1-3-14-6-9-17(12-18(14)21(25)26)30(27,28)23-11-10-19-13(2)29-20(24-19)15-4-7-16(22)8-5-15/h4-9,12,23H,3,10-11H2,1-2H3,(H,25,26). The summed E-state index contributed by atoms with van der Waals surface area (Å²) in [6.07, 6.45) is 0.933. The maximum atomic E-state index is 12.6. The molecular weight excluding hydrogens is 444 g/mol. The van der Waals surface area contributed by atoms with E-state index in [-0.39, 0.29) is 17.0 Å². The number of aryl methyl sites for hydroxylation is 2. The number of benzene rings is 2. The number of aromatic carboxylic acids is 1. The van der Waals surface area contributed by atoms with Crippen molar-refractivity contribution in [3.63, 3.8) is 0 Å². The molecule has 0 bridgehead atoms. The highest BCUT2D eigenvalue weighted by atomic mass is 35.5. The Bertz CT molecular complexity index is 1170. The van der Waals surface area contributed by atoms with Gasteiger partial charge in [0, 0.05) is 28.4 Å². The molecule has 0 radical (unpaired) electrons. The lowest BCUT2D eigenvalue weighted by atomic mass is 10.1. The second kappa shape index (κ2) is 9.26. The highest BCUT2D eigenvalue weighted by molar-refractivity contribution is 7.89. The summed E-state index contributed by atoms with van der Waals surface area (Å²) in [4.78, 5) is 17.0. The molecule has 6 nitrogen and oxygen atoms in total. The SMILES string of the molecule is CCc1ccc(S(=O)(=O)NCCc2nc(-c3ccc(Cl)cc3)sc2C)cc1C(=O)O. The van der Waals surface area contributed by atoms with Gasteiger partial charge in [-0.1, -0.05) is 36.7 Å². The molecule has 2 aromatic carbocycles. The van der Waals surface area contributed by atoms with E-state index in [1.807, 2.05) is 26.0 Å². The molecule has 9 heteroatoms. The smallest absolute Gasteiger partial charge is 0.336 e. The van der Waals surface area contributed by atoms with Gasteiger partial charge >= 0.3 is 5.97 Å². The fourth-order valence-corrected chi connectivity index (χ4v) is 5.14. The number of halogens is 1. The fourth-order valence-electron chi connectivity index (χ4n) is 2.99. The van der Waals surface area contributed by atoms with E-state index in [0.717, 1.165) is 21.1 Å². The van der Waals surface area contributed by atoms with Gasteiger partial charge in [-0.3, -0.25) is 0 Å². The van der Waals surface area contributed by atoms with Crippen molar-refractivity contribution in [2.24, 2.45) is 0 Å². The van der Waals surface area contributed by atoms with Crippen LogP contribution in [-0.2, 0) is 22.9 Å². The molecule has 0 saturated heterocycles. The maximum Gasteiger partial charge on any atom is 0.336 e. The Hall–Kier alpha value is -2.26. The van der Waals surface area contributed by atoms with Crippen molar-refractivity contribution in [3.8, 4) is 10.6 Å². The van der Waals surface area contributed by atoms with Gasteiger partial charge in [0.15, 0.2) is 0 Å². The third kappa shape index (κ3) is 5.07. The lowest BCUT2D eigenvalue weighted by molar-refractivity contribution is 0.0695. The first-order chi connectivity index (χ1) is 14.2. The number of aromatic nitrogens is 1. The molecule has 0 aliphatic carbocycles. The van der Waals surface area contributed by atoms with Crippen LogP contribution in [0.15, 0.2) is 47.4 Å². The zero-order valence-corrected chi connectivity index (χ0v) is 18.9. The van der Waals surface area contributed by atoms with E-state index < -0.39 is 16.0 Å². The predicted molar refractivity (Wildman–Crippen MR) is 119 cm³/mol. The molecule has 3 rings (SSSR count). The first-order valence-corrected chi connectivity index (χ1v) is 12.0. The number of rotatable bonds is 8. The minimum absolute atomic E-state index is 0.00308. The lowest BCUT2D eigenvalue weighted by Crippen LogP contribution is -2.26. The van der Waals surface area contributed by atoms with Gasteiger partial charge in [0.1, 0.15) is 5.01 Å². The summed E-state index contributed by atoms with van der Waals surface area (Å²) < 4.78 is 27.7. The van der Waals surface area contributed by atoms with Crippen molar-refractivity contribution in [2.45, 2.75) is 31.6 Å². The monoisotopic (exact) mass is 464 g/mol. The molecule has 0 amide bonds. The highest BCUT2D eigenvalue weighted by Crippen LogP contribution is 2.28. The maximum absolute atomic E-state index is 12.6. The van der Waals surface area contributed by atoms with Gasteiger partial charge in [0.05, 0.1) is 16.2 Å². The van der Waals surface area contributed by atoms with Crippen LogP contribution in [0.25, 0.3) is 10.6 Å². The molecule has 0 spiro atoms. The largest absolute Gasteiger partial charge is 0.478 e. The molecule has 2 N–H and O–H groups in total. The van der Waals surface area contributed by atoms with Crippen molar-refractivity contribution in [2.75, 3.05) is 6.54 Å². The third-order valence-electron chi connectivity index (χ3n) is 4.64. The van der Waals surface area contributed by atoms with Crippen molar-refractivity contribution in [3.05, 3.63) is 69.2 Å². The second-order valence-corrected chi connectivity index (χ2v) is 10.1. The summed E-state index contributed by atoms with van der Waals surface area (Å²) in [5.74, 6) is -1.14. The van der Waals surface area contributed by atoms with Gasteiger partial charge in [-0.05, 0) is 43.2 Å². The number of sulfonamides is 1. The zero-order chi connectivity index (χ0) is 21.9. The number of carboxylic acids is 1. The molecular formula is C21H21ClN2O4S2. The van der Waals surface area contributed by atoms with Gasteiger partial charge in [0.2, 0.25) is 10.0 Å². The molecule has 0 fully saturated rings. The number of thiazole rings is 1. The van der Waals surface area contributed by atoms with E-state index >= 15 is 0 Å². The van der Waals surface area contributed by atoms with Crippen LogP contribution in [-0.4, -0.2) is 31.0 Å². The molecule has 1 aromatic heterocycles. The number of nitrogens with zero attached hydrogens (tertiary/aromatic N) is 1. The third-order valence-corrected chi connectivity index (χ3v) is 7.41. The number of carboxylic acid groups (broad SMARTS) is 1. The van der Waals surface area contributed by atoms with Gasteiger partial charge in [0.25, 0.3) is 0 Å². The Kier molecular flexibility index (Phi) is 6.92. The topological polar surface area (TPSA) is 96.4 Å². The van der Waals surface area contributed by atoms with Crippen LogP contribution in [0.4, 0.5) is 0 Å². The Morgan fingerprint density at radius 1 is 1.20 bits per heavy atom. The molecule has 158 valence electrons. The average Bonchev–Trinajstić information content (AvgIpc) is 3.08. The van der Waals surface area contributed by atoms with Gasteiger partial charge in [-0.25, -0.2) is 22.9 Å². The number of carbonyl (C=O) groups is 1. The minimum Gasteiger partial charge on any atom is -0.478 e. The molecule has 1 heterocycles. The highest BCUT2D eigenvalue weighted by Gasteiger charge is 2.19. The van der Waals surface area contributed by atoms with Crippen LogP contribution in [0.2, 0.25) is 5.02 Å². The van der Waals surface area contributed by atoms with E-state index in [1.165, 1.54) is 12.1 Å². The van der Waals surface area contributed by atoms with Crippen LogP contribution in [0.5, 0.6) is 0 Å². The first-order valence-electron chi connectivity index (χ1n) is 9.29. The van der Waals surface area contributed by atoms with Gasteiger partial charge in [-0.2, -0.15) is 0 Å². The van der Waals surface area contributed by atoms with Crippen LogP contribution >= 0.6 is 22.9 Å². The Labute approximate surface area is 184 Å². The van der Waals surface area contributed by atoms with E-state index in [1.54, 1.807) is 29.5 Å². The normalized spacial score (nSPS) is 11.6. The Morgan fingerprint density at radius 3 is 2.53 bits per heavy atom. The summed E-state index contributed by atoms with van der Waals surface area (Å²) in [7, 11) is -3.83. The van der Waals surface area contributed by atoms with Crippen molar-refractivity contribution in [1.82, 2.24) is 9.71 Å². The molecule has 0 unspecified atom stereocenters. The number of hydrogen-bond acceptors (Lipinski definition) is 5. The molecule has 0 aliphatic rings. The van der Waals surface area contributed by atoms with Crippen molar-refractivity contribution in [1.29, 1.82) is 0 Å². The Balaban J connectivity index is 1.71. The zero-order valence-electron chi connectivity index (χ0n) is 16.5. The Morgan fingerprint density at radius 2 is 1.90 bits per heavy atom. The summed E-state index contributed by atoms with van der Waals surface area (Å²) >= 11 is 7.47. The van der Waals surface area contributed by atoms with E-state index in [4.69, 9.17) is 11.6 Å². The van der Waals surface area contributed by atoms with Crippen LogP contribution in [0.1, 0.15) is 33.4 Å². The van der Waals surface area contributed by atoms with Crippen molar-refractivity contribution < 1.29 is 18.3 Å². The van der Waals surface area contributed by atoms with Crippen LogP contribution < -0.4 is 4.72 Å². The van der Waals surface area contributed by atoms with E-state index in [9.17, 15) is 18.3 Å². The molecule has 0 atom stereocenters. The lowest BCUT2D eigenvalue weighted by Gasteiger charge is -2.09. The minimum atomic E-state index is -3.83. The van der Waals surface area contributed by atoms with E-state index in [0.29, 0.717) is 23.4 Å². The quantitative estimate of drug-likeness (QED) is 0.509. The molecule has 0 saturated carbocycles. The summed E-state index contributed by atoms with van der Waals surface area (Å²) in [5.41, 5.74) is 2.37. The molecule has 30 heavy (non-hydrogen) atoms. The summed E-state index contributed by atoms with van der Waals surface area (Å²) in [6, 6.07) is 11.6. The number of hydrogen-bond donors (Lipinski definition) is 2. The van der Waals surface area contributed by atoms with Crippen LogP contribution in [0, 0.1) is 6.92 Å². The van der Waals surface area contributed by atoms with Crippen molar-refractivity contribution >= 4 is 38.9 Å². The summed E-state index contributed by atoms with van der Waals surface area (Å²) in [6.45, 7) is 3.93.